The second-order valence-corrected chi connectivity index (χ2v) is 7.13. The smallest absolute Gasteiger partial charge is 0.277 e. The van der Waals surface area contributed by atoms with E-state index < -0.39 is 27.2 Å². The van der Waals surface area contributed by atoms with Gasteiger partial charge in [0, 0.05) is 11.6 Å². The normalized spacial score (nSPS) is 11.6. The molecule has 0 saturated heterocycles. The molecule has 0 aliphatic rings. The molecule has 0 aliphatic carbocycles. The van der Waals surface area contributed by atoms with Gasteiger partial charge in [-0.1, -0.05) is 23.7 Å². The SMILES string of the molecule is Cc1nc(=O)n(CCS(N)(=O)=O)c(=O)n1Cc1ccc(Cl)cc1. The second-order valence-electron chi connectivity index (χ2n) is 4.96. The van der Waals surface area contributed by atoms with Gasteiger partial charge in [-0.15, -0.1) is 0 Å². The van der Waals surface area contributed by atoms with E-state index in [0.717, 1.165) is 10.1 Å². The third-order valence-electron chi connectivity index (χ3n) is 3.19. The van der Waals surface area contributed by atoms with Gasteiger partial charge in [0.2, 0.25) is 10.0 Å². The van der Waals surface area contributed by atoms with Crippen LogP contribution in [-0.4, -0.2) is 28.3 Å². The number of sulfonamides is 1. The van der Waals surface area contributed by atoms with Crippen molar-refractivity contribution < 1.29 is 8.42 Å². The number of nitrogens with two attached hydrogens (primary N) is 1. The quantitative estimate of drug-likeness (QED) is 0.787. The summed E-state index contributed by atoms with van der Waals surface area (Å²) in [7, 11) is -3.79. The van der Waals surface area contributed by atoms with Crippen LogP contribution >= 0.6 is 11.6 Å². The standard InChI is InChI=1S/C13H15ClN4O4S/c1-9-16-12(19)17(6-7-23(15,21)22)13(20)18(9)8-10-2-4-11(14)5-3-10/h2-5H,6-8H2,1H3,(H2,15,21,22). The first-order valence-electron chi connectivity index (χ1n) is 6.60. The Labute approximate surface area is 137 Å². The Morgan fingerprint density at radius 3 is 2.35 bits per heavy atom. The average molecular weight is 359 g/mol. The average Bonchev–Trinajstić information content (AvgIpc) is 2.44. The molecule has 0 radical (unpaired) electrons. The lowest BCUT2D eigenvalue weighted by Crippen LogP contribution is -2.44. The Morgan fingerprint density at radius 1 is 1.17 bits per heavy atom. The van der Waals surface area contributed by atoms with Crippen LogP contribution in [0.4, 0.5) is 0 Å². The van der Waals surface area contributed by atoms with Crippen LogP contribution in [0, 0.1) is 6.92 Å². The van der Waals surface area contributed by atoms with E-state index in [9.17, 15) is 18.0 Å². The molecule has 23 heavy (non-hydrogen) atoms. The van der Waals surface area contributed by atoms with Crippen LogP contribution in [0.25, 0.3) is 0 Å². The number of nitrogens with zero attached hydrogens (tertiary/aromatic N) is 3. The van der Waals surface area contributed by atoms with Gasteiger partial charge in [0.1, 0.15) is 5.82 Å². The summed E-state index contributed by atoms with van der Waals surface area (Å²) in [6.45, 7) is 1.37. The number of halogens is 1. The van der Waals surface area contributed by atoms with Crippen LogP contribution in [0.15, 0.2) is 33.9 Å². The second kappa shape index (κ2) is 6.65. The first-order chi connectivity index (χ1) is 10.7. The molecular weight excluding hydrogens is 344 g/mol. The number of primary sulfonamides is 1. The van der Waals surface area contributed by atoms with Crippen LogP contribution in [-0.2, 0) is 23.1 Å². The molecule has 1 aromatic carbocycles. The number of hydrogen-bond acceptors (Lipinski definition) is 5. The Balaban J connectivity index is 2.42. The van der Waals surface area contributed by atoms with E-state index in [2.05, 4.69) is 4.98 Å². The molecule has 0 bridgehead atoms. The summed E-state index contributed by atoms with van der Waals surface area (Å²) >= 11 is 5.81. The van der Waals surface area contributed by atoms with Crippen molar-refractivity contribution in [1.82, 2.24) is 14.1 Å². The highest BCUT2D eigenvalue weighted by Crippen LogP contribution is 2.10. The van der Waals surface area contributed by atoms with Crippen molar-refractivity contribution in [2.45, 2.75) is 20.0 Å². The Hall–Kier alpha value is -1.97. The Kier molecular flexibility index (Phi) is 5.03. The third kappa shape index (κ3) is 4.50. The van der Waals surface area contributed by atoms with E-state index in [1.807, 2.05) is 0 Å². The molecular formula is C13H15ClN4O4S. The molecule has 8 nitrogen and oxygen atoms in total. The number of hydrogen-bond donors (Lipinski definition) is 1. The highest BCUT2D eigenvalue weighted by molar-refractivity contribution is 7.89. The van der Waals surface area contributed by atoms with E-state index in [-0.39, 0.29) is 18.9 Å². The van der Waals surface area contributed by atoms with E-state index >= 15 is 0 Å². The molecule has 124 valence electrons. The molecule has 2 rings (SSSR count). The number of aryl methyl sites for hydroxylation is 1. The minimum absolute atomic E-state index is 0.185. The van der Waals surface area contributed by atoms with Crippen LogP contribution in [0.3, 0.4) is 0 Å². The van der Waals surface area contributed by atoms with Gasteiger partial charge in [0.05, 0.1) is 12.3 Å². The van der Waals surface area contributed by atoms with Gasteiger partial charge in [-0.2, -0.15) is 4.98 Å². The summed E-state index contributed by atoms with van der Waals surface area (Å²) < 4.78 is 24.1. The molecule has 1 heterocycles. The highest BCUT2D eigenvalue weighted by Gasteiger charge is 2.13. The summed E-state index contributed by atoms with van der Waals surface area (Å²) in [4.78, 5) is 28.0. The van der Waals surface area contributed by atoms with E-state index in [0.29, 0.717) is 5.02 Å². The first-order valence-corrected chi connectivity index (χ1v) is 8.70. The van der Waals surface area contributed by atoms with Crippen LogP contribution in [0.5, 0.6) is 0 Å². The highest BCUT2D eigenvalue weighted by atomic mass is 35.5. The first kappa shape index (κ1) is 17.4. The molecule has 0 saturated carbocycles. The molecule has 0 unspecified atom stereocenters. The maximum absolute atomic E-state index is 12.4. The molecule has 0 atom stereocenters. The molecule has 2 N–H and O–H groups in total. The van der Waals surface area contributed by atoms with Crippen molar-refractivity contribution in [2.75, 3.05) is 5.75 Å². The zero-order valence-electron chi connectivity index (χ0n) is 12.3. The van der Waals surface area contributed by atoms with Gasteiger partial charge in [0.25, 0.3) is 0 Å². The van der Waals surface area contributed by atoms with Crippen LogP contribution < -0.4 is 16.5 Å². The predicted octanol–water partition coefficient (Wildman–Crippen LogP) is -0.296. The summed E-state index contributed by atoms with van der Waals surface area (Å²) in [6, 6.07) is 6.85. The summed E-state index contributed by atoms with van der Waals surface area (Å²) in [5.41, 5.74) is -0.650. The lowest BCUT2D eigenvalue weighted by Gasteiger charge is -2.12. The van der Waals surface area contributed by atoms with Gasteiger partial charge in [0.15, 0.2) is 0 Å². The van der Waals surface area contributed by atoms with Gasteiger partial charge < -0.3 is 0 Å². The van der Waals surface area contributed by atoms with Crippen LogP contribution in [0.1, 0.15) is 11.4 Å². The van der Waals surface area contributed by atoms with E-state index in [1.54, 1.807) is 24.3 Å². The van der Waals surface area contributed by atoms with Crippen molar-refractivity contribution >= 4 is 21.6 Å². The van der Waals surface area contributed by atoms with Crippen molar-refractivity contribution in [3.8, 4) is 0 Å². The van der Waals surface area contributed by atoms with Gasteiger partial charge >= 0.3 is 11.4 Å². The number of benzene rings is 1. The molecule has 0 fully saturated rings. The largest absolute Gasteiger partial charge is 0.353 e. The van der Waals surface area contributed by atoms with Crippen molar-refractivity contribution in [1.29, 1.82) is 0 Å². The van der Waals surface area contributed by atoms with Crippen molar-refractivity contribution in [2.24, 2.45) is 5.14 Å². The third-order valence-corrected chi connectivity index (χ3v) is 4.20. The van der Waals surface area contributed by atoms with Gasteiger partial charge in [-0.05, 0) is 24.6 Å². The van der Waals surface area contributed by atoms with Crippen molar-refractivity contribution in [3.05, 3.63) is 61.6 Å². The summed E-state index contributed by atoms with van der Waals surface area (Å²) in [6.07, 6.45) is 0. The molecule has 2 aromatic rings. The molecule has 0 spiro atoms. The zero-order chi connectivity index (χ0) is 17.2. The minimum Gasteiger partial charge on any atom is -0.277 e. The zero-order valence-corrected chi connectivity index (χ0v) is 13.8. The fraction of sp³-hybridized carbons (Fsp3) is 0.308. The maximum Gasteiger partial charge on any atom is 0.353 e. The number of rotatable bonds is 5. The van der Waals surface area contributed by atoms with Gasteiger partial charge in [-0.3, -0.25) is 4.57 Å². The lowest BCUT2D eigenvalue weighted by atomic mass is 10.2. The monoisotopic (exact) mass is 358 g/mol. The minimum atomic E-state index is -3.79. The molecule has 0 amide bonds. The Morgan fingerprint density at radius 2 is 1.78 bits per heavy atom. The van der Waals surface area contributed by atoms with Crippen LogP contribution in [0.2, 0.25) is 5.02 Å². The topological polar surface area (TPSA) is 117 Å². The van der Waals surface area contributed by atoms with Gasteiger partial charge in [-0.25, -0.2) is 27.7 Å². The summed E-state index contributed by atoms with van der Waals surface area (Å²) in [5.74, 6) is -0.282. The maximum atomic E-state index is 12.4. The summed E-state index contributed by atoms with van der Waals surface area (Å²) in [5, 5.41) is 5.47. The van der Waals surface area contributed by atoms with E-state index in [4.69, 9.17) is 16.7 Å². The van der Waals surface area contributed by atoms with Crippen molar-refractivity contribution in [3.63, 3.8) is 0 Å². The molecule has 0 aliphatic heterocycles. The molecule has 10 heteroatoms. The number of aromatic nitrogens is 3. The van der Waals surface area contributed by atoms with E-state index in [1.165, 1.54) is 11.5 Å². The predicted molar refractivity (Wildman–Crippen MR) is 86.0 cm³/mol. The Bertz CT molecular complexity index is 932. The molecule has 1 aromatic heterocycles. The fourth-order valence-electron chi connectivity index (χ4n) is 1.99. The fourth-order valence-corrected chi connectivity index (χ4v) is 2.55. The lowest BCUT2D eigenvalue weighted by molar-refractivity contribution is 0.543.